The monoisotopic (exact) mass is 301 g/mol. The smallest absolute Gasteiger partial charge is 0.370 e. The summed E-state index contributed by atoms with van der Waals surface area (Å²) in [7, 11) is 1.39. The number of hydrazone groups is 1. The Morgan fingerprint density at radius 2 is 2.25 bits per heavy atom. The molecule has 0 saturated carbocycles. The van der Waals surface area contributed by atoms with Gasteiger partial charge in [0, 0.05) is 0 Å². The van der Waals surface area contributed by atoms with Crippen molar-refractivity contribution in [3.05, 3.63) is 28.3 Å². The summed E-state index contributed by atoms with van der Waals surface area (Å²) in [6.07, 6.45) is 0. The molecule has 0 aromatic heterocycles. The minimum absolute atomic E-state index is 0.0678. The van der Waals surface area contributed by atoms with E-state index < -0.39 is 16.1 Å². The molecular weight excluding hydrogens is 290 g/mol. The molecule has 0 aliphatic carbocycles. The number of rotatable bonds is 6. The highest BCUT2D eigenvalue weighted by Crippen LogP contribution is 2.28. The molecule has 0 spiro atoms. The van der Waals surface area contributed by atoms with Crippen LogP contribution in [0.4, 0.5) is 11.4 Å². The van der Waals surface area contributed by atoms with Gasteiger partial charge in [0.05, 0.1) is 24.7 Å². The van der Waals surface area contributed by atoms with E-state index in [4.69, 9.17) is 16.3 Å². The summed E-state index contributed by atoms with van der Waals surface area (Å²) in [5.74, 6) is -0.499. The van der Waals surface area contributed by atoms with E-state index in [9.17, 15) is 14.9 Å². The van der Waals surface area contributed by atoms with E-state index in [1.54, 1.807) is 6.92 Å². The molecule has 0 unspecified atom stereocenters. The number of hydrogen-bond acceptors (Lipinski definition) is 7. The molecule has 0 radical (unpaired) electrons. The van der Waals surface area contributed by atoms with Crippen LogP contribution in [0.5, 0.6) is 5.75 Å². The first-order chi connectivity index (χ1) is 9.49. The maximum atomic E-state index is 11.2. The van der Waals surface area contributed by atoms with Crippen molar-refractivity contribution in [1.82, 2.24) is 0 Å². The van der Waals surface area contributed by atoms with E-state index in [0.29, 0.717) is 5.75 Å². The normalized spacial score (nSPS) is 10.8. The quantitative estimate of drug-likeness (QED) is 0.373. The van der Waals surface area contributed by atoms with Crippen molar-refractivity contribution in [2.24, 2.45) is 5.10 Å². The van der Waals surface area contributed by atoms with Crippen LogP contribution in [0.2, 0.25) is 0 Å². The van der Waals surface area contributed by atoms with Crippen molar-refractivity contribution < 1.29 is 19.2 Å². The van der Waals surface area contributed by atoms with Crippen molar-refractivity contribution in [3.8, 4) is 5.75 Å². The Labute approximate surface area is 119 Å². The summed E-state index contributed by atoms with van der Waals surface area (Å²) < 4.78 is 9.50. The fourth-order valence-electron chi connectivity index (χ4n) is 1.23. The molecule has 0 atom stereocenters. The fourth-order valence-corrected chi connectivity index (χ4v) is 1.33. The number of methoxy groups -OCH3 is 1. The highest BCUT2D eigenvalue weighted by atomic mass is 35.5. The Balaban J connectivity index is 2.95. The van der Waals surface area contributed by atoms with Crippen LogP contribution < -0.4 is 10.2 Å². The number of nitrogens with one attached hydrogen (secondary N) is 1. The molecule has 108 valence electrons. The number of ether oxygens (including phenoxy) is 2. The van der Waals surface area contributed by atoms with Gasteiger partial charge in [-0.1, -0.05) is 11.6 Å². The third-order valence-electron chi connectivity index (χ3n) is 2.12. The first-order valence-corrected chi connectivity index (χ1v) is 5.86. The summed E-state index contributed by atoms with van der Waals surface area (Å²) >= 11 is 5.57. The van der Waals surface area contributed by atoms with E-state index in [2.05, 4.69) is 15.3 Å². The lowest BCUT2D eigenvalue weighted by Crippen LogP contribution is -2.13. The zero-order valence-corrected chi connectivity index (χ0v) is 11.5. The van der Waals surface area contributed by atoms with E-state index in [0.717, 1.165) is 0 Å². The van der Waals surface area contributed by atoms with Gasteiger partial charge in [0.25, 0.3) is 5.69 Å². The first-order valence-electron chi connectivity index (χ1n) is 5.48. The zero-order chi connectivity index (χ0) is 15.1. The number of nitro benzene ring substituents is 1. The number of nitro groups is 1. The fraction of sp³-hybridized carbons (Fsp3) is 0.273. The molecule has 9 heteroatoms. The number of halogens is 1. The van der Waals surface area contributed by atoms with Gasteiger partial charge < -0.3 is 9.47 Å². The average Bonchev–Trinajstić information content (AvgIpc) is 2.44. The molecule has 20 heavy (non-hydrogen) atoms. The van der Waals surface area contributed by atoms with Crippen molar-refractivity contribution in [2.45, 2.75) is 6.92 Å². The number of carbonyl (C=O) groups is 1. The van der Waals surface area contributed by atoms with Crippen LogP contribution in [0.15, 0.2) is 23.3 Å². The SMILES string of the molecule is CCOC(=O)C(Cl)=NNc1ccc(OC)cc1[N+](=O)[O-]. The summed E-state index contributed by atoms with van der Waals surface area (Å²) in [6.45, 7) is 1.76. The van der Waals surface area contributed by atoms with Crippen LogP contribution >= 0.6 is 11.6 Å². The first kappa shape index (κ1) is 15.7. The van der Waals surface area contributed by atoms with Crippen molar-refractivity contribution in [2.75, 3.05) is 19.1 Å². The number of carbonyl (C=O) groups excluding carboxylic acids is 1. The lowest BCUT2D eigenvalue weighted by molar-refractivity contribution is -0.384. The second-order valence-corrected chi connectivity index (χ2v) is 3.73. The van der Waals surface area contributed by atoms with Gasteiger partial charge in [-0.05, 0) is 19.1 Å². The predicted molar refractivity (Wildman–Crippen MR) is 73.2 cm³/mol. The van der Waals surface area contributed by atoms with Crippen LogP contribution in [-0.4, -0.2) is 29.8 Å². The predicted octanol–water partition coefficient (Wildman–Crippen LogP) is 2.13. The van der Waals surface area contributed by atoms with Crippen LogP contribution in [0.25, 0.3) is 0 Å². The third-order valence-corrected chi connectivity index (χ3v) is 2.36. The zero-order valence-electron chi connectivity index (χ0n) is 10.8. The number of esters is 1. The number of hydrogen-bond donors (Lipinski definition) is 1. The molecule has 0 bridgehead atoms. The van der Waals surface area contributed by atoms with E-state index >= 15 is 0 Å². The summed E-state index contributed by atoms with van der Waals surface area (Å²) in [5.41, 5.74) is 2.15. The van der Waals surface area contributed by atoms with Gasteiger partial charge in [-0.15, -0.1) is 0 Å². The summed E-state index contributed by atoms with van der Waals surface area (Å²) in [4.78, 5) is 21.5. The van der Waals surface area contributed by atoms with Gasteiger partial charge in [-0.2, -0.15) is 5.10 Å². The van der Waals surface area contributed by atoms with E-state index in [-0.39, 0.29) is 18.0 Å². The molecule has 0 amide bonds. The molecule has 1 aromatic carbocycles. The summed E-state index contributed by atoms with van der Waals surface area (Å²) in [6, 6.07) is 4.11. The number of anilines is 1. The van der Waals surface area contributed by atoms with Crippen LogP contribution in [0.1, 0.15) is 6.92 Å². The van der Waals surface area contributed by atoms with Gasteiger partial charge in [0.1, 0.15) is 11.4 Å². The molecule has 1 rings (SSSR count). The highest BCUT2D eigenvalue weighted by molar-refractivity contribution is 6.82. The Kier molecular flexibility index (Phi) is 5.73. The second-order valence-electron chi connectivity index (χ2n) is 3.38. The van der Waals surface area contributed by atoms with Gasteiger partial charge >= 0.3 is 5.97 Å². The van der Waals surface area contributed by atoms with Crippen molar-refractivity contribution >= 4 is 34.1 Å². The molecule has 0 aliphatic heterocycles. The van der Waals surface area contributed by atoms with Crippen molar-refractivity contribution in [1.29, 1.82) is 0 Å². The Bertz CT molecular complexity index is 547. The van der Waals surface area contributed by atoms with Crippen molar-refractivity contribution in [3.63, 3.8) is 0 Å². The molecule has 8 nitrogen and oxygen atoms in total. The maximum absolute atomic E-state index is 11.2. The minimum atomic E-state index is -0.821. The molecule has 0 heterocycles. The van der Waals surface area contributed by atoms with Crippen LogP contribution in [0.3, 0.4) is 0 Å². The molecule has 1 N–H and O–H groups in total. The highest BCUT2D eigenvalue weighted by Gasteiger charge is 2.16. The minimum Gasteiger partial charge on any atom is -0.496 e. The van der Waals surface area contributed by atoms with E-state index in [1.165, 1.54) is 25.3 Å². The lowest BCUT2D eigenvalue weighted by Gasteiger charge is -2.05. The topological polar surface area (TPSA) is 103 Å². The number of benzene rings is 1. The largest absolute Gasteiger partial charge is 0.496 e. The van der Waals surface area contributed by atoms with Gasteiger partial charge in [0.15, 0.2) is 0 Å². The third kappa shape index (κ3) is 4.09. The standard InChI is InChI=1S/C11H12ClN3O5/c1-3-20-11(16)10(12)14-13-8-5-4-7(19-2)6-9(8)15(17)18/h4-6,13H,3H2,1-2H3. The van der Waals surface area contributed by atoms with Crippen LogP contribution in [0, 0.1) is 10.1 Å². The maximum Gasteiger partial charge on any atom is 0.370 e. The Hall–Kier alpha value is -2.35. The Morgan fingerprint density at radius 1 is 1.55 bits per heavy atom. The molecular formula is C11H12ClN3O5. The average molecular weight is 302 g/mol. The Morgan fingerprint density at radius 3 is 2.80 bits per heavy atom. The number of nitrogens with zero attached hydrogens (tertiary/aromatic N) is 2. The van der Waals surface area contributed by atoms with Gasteiger partial charge in [-0.25, -0.2) is 4.79 Å². The molecule has 0 aliphatic rings. The van der Waals surface area contributed by atoms with Crippen LogP contribution in [-0.2, 0) is 9.53 Å². The summed E-state index contributed by atoms with van der Waals surface area (Å²) in [5, 5.41) is 14.0. The molecule has 1 aromatic rings. The van der Waals surface area contributed by atoms with Gasteiger partial charge in [-0.3, -0.25) is 15.5 Å². The lowest BCUT2D eigenvalue weighted by atomic mass is 10.2. The van der Waals surface area contributed by atoms with E-state index in [1.807, 2.05) is 0 Å². The molecule has 0 saturated heterocycles. The molecule has 0 fully saturated rings. The van der Waals surface area contributed by atoms with Gasteiger partial charge in [0.2, 0.25) is 5.17 Å². The second kappa shape index (κ2) is 7.29.